The predicted molar refractivity (Wildman–Crippen MR) is 91.5 cm³/mol. The van der Waals surface area contributed by atoms with E-state index in [4.69, 9.17) is 15.6 Å². The average Bonchev–Trinajstić information content (AvgIpc) is 3.02. The Hall–Kier alpha value is -2.05. The van der Waals surface area contributed by atoms with E-state index in [1.807, 2.05) is 0 Å². The van der Waals surface area contributed by atoms with Crippen LogP contribution in [-0.2, 0) is 21.7 Å². The van der Waals surface area contributed by atoms with Crippen LogP contribution in [0.1, 0.15) is 11.3 Å². The van der Waals surface area contributed by atoms with Gasteiger partial charge in [0.25, 0.3) is 0 Å². The number of aromatic amines is 1. The van der Waals surface area contributed by atoms with E-state index in [9.17, 15) is 30.3 Å². The molecular formula is C17H22N2O8. The highest BCUT2D eigenvalue weighted by molar-refractivity contribution is 5.86. The van der Waals surface area contributed by atoms with Crippen LogP contribution < -0.4 is 5.73 Å². The number of para-hydroxylation sites is 1. The first-order chi connectivity index (χ1) is 12.7. The zero-order valence-electron chi connectivity index (χ0n) is 14.2. The van der Waals surface area contributed by atoms with E-state index >= 15 is 0 Å². The summed E-state index contributed by atoms with van der Waals surface area (Å²) in [7, 11) is 0. The Morgan fingerprint density at radius 2 is 1.93 bits per heavy atom. The second-order valence-corrected chi connectivity index (χ2v) is 6.63. The summed E-state index contributed by atoms with van der Waals surface area (Å²) in [5, 5.41) is 60.5. The Bertz CT molecular complexity index is 837. The van der Waals surface area contributed by atoms with Gasteiger partial charge in [-0.25, -0.2) is 0 Å². The molecule has 0 aliphatic carbocycles. The van der Waals surface area contributed by atoms with Crippen molar-refractivity contribution in [3.05, 3.63) is 35.5 Å². The summed E-state index contributed by atoms with van der Waals surface area (Å²) in [5.74, 6) is -3.79. The molecule has 6 atom stereocenters. The van der Waals surface area contributed by atoms with E-state index in [1.54, 1.807) is 24.3 Å². The molecule has 3 rings (SSSR count). The molecule has 0 spiro atoms. The van der Waals surface area contributed by atoms with Crippen LogP contribution in [0.4, 0.5) is 0 Å². The number of carboxylic acids is 1. The Kier molecular flexibility index (Phi) is 5.23. The molecule has 1 unspecified atom stereocenters. The Morgan fingerprint density at radius 1 is 1.26 bits per heavy atom. The van der Waals surface area contributed by atoms with Gasteiger partial charge in [-0.2, -0.15) is 0 Å². The van der Waals surface area contributed by atoms with Crippen LogP contribution in [0, 0.1) is 0 Å². The predicted octanol–water partition coefficient (Wildman–Crippen LogP) is -2.26. The third-order valence-electron chi connectivity index (χ3n) is 4.88. The number of nitrogens with one attached hydrogen (secondary N) is 1. The lowest BCUT2D eigenvalue weighted by atomic mass is 9.88. The normalized spacial score (nSPS) is 32.5. The number of aliphatic hydroxyl groups is 5. The van der Waals surface area contributed by atoms with E-state index in [0.29, 0.717) is 10.9 Å². The maximum atomic E-state index is 11.2. The van der Waals surface area contributed by atoms with E-state index in [2.05, 4.69) is 4.98 Å². The maximum absolute atomic E-state index is 11.2. The molecule has 10 nitrogen and oxygen atoms in total. The number of aromatic nitrogens is 1. The molecule has 0 radical (unpaired) electrons. The molecule has 2 aromatic rings. The lowest BCUT2D eigenvalue weighted by Crippen LogP contribution is -2.63. The molecule has 1 fully saturated rings. The third kappa shape index (κ3) is 3.21. The monoisotopic (exact) mass is 382 g/mol. The quantitative estimate of drug-likeness (QED) is 0.282. The van der Waals surface area contributed by atoms with Crippen molar-refractivity contribution in [3.8, 4) is 0 Å². The summed E-state index contributed by atoms with van der Waals surface area (Å²) in [5.41, 5.74) is 6.35. The van der Waals surface area contributed by atoms with E-state index in [1.165, 1.54) is 0 Å². The highest BCUT2D eigenvalue weighted by atomic mass is 16.7. The maximum Gasteiger partial charge on any atom is 0.320 e. The number of carboxylic acid groups (broad SMARTS) is 1. The molecule has 0 saturated carbocycles. The fourth-order valence-corrected chi connectivity index (χ4v) is 3.39. The fraction of sp³-hybridized carbons (Fsp3) is 0.471. The van der Waals surface area contributed by atoms with Crippen molar-refractivity contribution in [2.75, 3.05) is 6.61 Å². The van der Waals surface area contributed by atoms with Crippen LogP contribution in [0.25, 0.3) is 10.9 Å². The summed E-state index contributed by atoms with van der Waals surface area (Å²) in [4.78, 5) is 14.1. The first-order valence-electron chi connectivity index (χ1n) is 8.34. The van der Waals surface area contributed by atoms with E-state index in [0.717, 1.165) is 0 Å². The molecular weight excluding hydrogens is 360 g/mol. The molecule has 2 heterocycles. The van der Waals surface area contributed by atoms with Gasteiger partial charge >= 0.3 is 5.97 Å². The number of carbonyl (C=O) groups is 1. The molecule has 1 aromatic carbocycles. The molecule has 148 valence electrons. The highest BCUT2D eigenvalue weighted by Gasteiger charge is 2.55. The number of aliphatic hydroxyl groups excluding tert-OH is 4. The second-order valence-electron chi connectivity index (χ2n) is 6.63. The molecule has 1 aromatic heterocycles. The van der Waals surface area contributed by atoms with Gasteiger partial charge in [-0.05, 0) is 11.6 Å². The lowest BCUT2D eigenvalue weighted by molar-refractivity contribution is -0.359. The van der Waals surface area contributed by atoms with Crippen molar-refractivity contribution >= 4 is 16.9 Å². The topological polar surface area (TPSA) is 189 Å². The number of benzene rings is 1. The van der Waals surface area contributed by atoms with Gasteiger partial charge < -0.3 is 46.1 Å². The van der Waals surface area contributed by atoms with E-state index < -0.39 is 48.8 Å². The van der Waals surface area contributed by atoms with Gasteiger partial charge in [-0.3, -0.25) is 4.79 Å². The Morgan fingerprint density at radius 3 is 2.56 bits per heavy atom. The number of hydrogen-bond donors (Lipinski definition) is 8. The second kappa shape index (κ2) is 7.17. The molecule has 9 N–H and O–H groups in total. The van der Waals surface area contributed by atoms with Crippen LogP contribution >= 0.6 is 0 Å². The summed E-state index contributed by atoms with van der Waals surface area (Å²) >= 11 is 0. The van der Waals surface area contributed by atoms with Gasteiger partial charge in [0.15, 0.2) is 0 Å². The minimum atomic E-state index is -2.53. The van der Waals surface area contributed by atoms with Crippen LogP contribution in [0.5, 0.6) is 0 Å². The lowest BCUT2D eigenvalue weighted by Gasteiger charge is -2.45. The summed E-state index contributed by atoms with van der Waals surface area (Å²) in [6, 6.07) is 5.46. The molecule has 0 amide bonds. The van der Waals surface area contributed by atoms with E-state index in [-0.39, 0.29) is 17.7 Å². The summed E-state index contributed by atoms with van der Waals surface area (Å²) in [6.45, 7) is -0.725. The molecule has 1 saturated heterocycles. The van der Waals surface area contributed by atoms with Crippen molar-refractivity contribution in [2.45, 2.75) is 42.7 Å². The Balaban J connectivity index is 2.15. The smallest absolute Gasteiger partial charge is 0.320 e. The minimum absolute atomic E-state index is 0.0997. The zero-order chi connectivity index (χ0) is 19.9. The van der Waals surface area contributed by atoms with Gasteiger partial charge in [-0.1, -0.05) is 18.2 Å². The first-order valence-corrected chi connectivity index (χ1v) is 8.34. The van der Waals surface area contributed by atoms with Crippen LogP contribution in [-0.4, -0.2) is 78.7 Å². The number of aliphatic carboxylic acids is 1. The van der Waals surface area contributed by atoms with Crippen molar-refractivity contribution in [3.63, 3.8) is 0 Å². The van der Waals surface area contributed by atoms with Crippen molar-refractivity contribution in [2.24, 2.45) is 5.73 Å². The number of fused-ring (bicyclic) bond motifs is 1. The zero-order valence-corrected chi connectivity index (χ0v) is 14.2. The molecule has 10 heteroatoms. The average molecular weight is 382 g/mol. The molecule has 0 bridgehead atoms. The van der Waals surface area contributed by atoms with Gasteiger partial charge in [0.05, 0.1) is 12.3 Å². The standard InChI is InChI=1S/C17H22N2O8/c18-9(16(24)25)5-8-7-3-1-2-4-10(7)19-14(8)17(26)15(23)13(22)12(21)11(6-20)27-17/h1-4,9,11-13,15,19-23,26H,5-6,18H2,(H,24,25)/t9-,11+,12+,13-,15-,17?/m0/s1. The van der Waals surface area contributed by atoms with Crippen LogP contribution in [0.2, 0.25) is 0 Å². The summed E-state index contributed by atoms with van der Waals surface area (Å²) in [6.07, 6.45) is -6.98. The van der Waals surface area contributed by atoms with Crippen molar-refractivity contribution < 1.29 is 40.2 Å². The van der Waals surface area contributed by atoms with Crippen LogP contribution in [0.15, 0.2) is 24.3 Å². The number of H-pyrrole nitrogens is 1. The van der Waals surface area contributed by atoms with Gasteiger partial charge in [0, 0.05) is 17.3 Å². The fourth-order valence-electron chi connectivity index (χ4n) is 3.39. The van der Waals surface area contributed by atoms with Gasteiger partial charge in [-0.15, -0.1) is 0 Å². The summed E-state index contributed by atoms with van der Waals surface area (Å²) < 4.78 is 5.34. The number of rotatable bonds is 5. The Labute approximate surface area is 153 Å². The van der Waals surface area contributed by atoms with Crippen LogP contribution in [0.3, 0.4) is 0 Å². The third-order valence-corrected chi connectivity index (χ3v) is 4.88. The highest BCUT2D eigenvalue weighted by Crippen LogP contribution is 2.40. The molecule has 1 aliphatic heterocycles. The minimum Gasteiger partial charge on any atom is -0.480 e. The SMILES string of the molecule is N[C@@H](Cc1c(C2(O)O[C@H](CO)[C@@H](O)[C@H](O)[C@@H]2O)[nH]c2ccccc12)C(=O)O. The van der Waals surface area contributed by atoms with Gasteiger partial charge in [0.1, 0.15) is 30.5 Å². The largest absolute Gasteiger partial charge is 0.480 e. The van der Waals surface area contributed by atoms with Crippen molar-refractivity contribution in [1.29, 1.82) is 0 Å². The molecule has 27 heavy (non-hydrogen) atoms. The van der Waals surface area contributed by atoms with Crippen molar-refractivity contribution in [1.82, 2.24) is 4.98 Å². The number of nitrogens with two attached hydrogens (primary N) is 1. The first kappa shape index (κ1) is 19.7. The number of ether oxygens (including phenoxy) is 1. The van der Waals surface area contributed by atoms with Gasteiger partial charge in [0.2, 0.25) is 5.79 Å². The molecule has 1 aliphatic rings. The number of hydrogen-bond acceptors (Lipinski definition) is 8.